The van der Waals surface area contributed by atoms with E-state index in [0.29, 0.717) is 13.0 Å². The third-order valence-corrected chi connectivity index (χ3v) is 2.70. The minimum absolute atomic E-state index is 0.00813. The molecule has 0 radical (unpaired) electrons. The number of benzene rings is 1. The molecule has 0 saturated heterocycles. The van der Waals surface area contributed by atoms with Crippen molar-refractivity contribution in [3.05, 3.63) is 35.9 Å². The predicted molar refractivity (Wildman–Crippen MR) is 75.2 cm³/mol. The molecule has 0 saturated carbocycles. The van der Waals surface area contributed by atoms with Gasteiger partial charge in [-0.25, -0.2) is 0 Å². The maximum Gasteiger partial charge on any atom is 0.239 e. The molecule has 0 aliphatic rings. The van der Waals surface area contributed by atoms with Gasteiger partial charge in [0, 0.05) is 13.6 Å². The minimum atomic E-state index is -0.459. The first-order valence-corrected chi connectivity index (χ1v) is 6.34. The summed E-state index contributed by atoms with van der Waals surface area (Å²) in [7, 11) is 1.82. The van der Waals surface area contributed by atoms with E-state index in [9.17, 15) is 4.79 Å². The summed E-state index contributed by atoms with van der Waals surface area (Å²) in [5, 5.41) is 0. The van der Waals surface area contributed by atoms with Crippen LogP contribution in [0.4, 0.5) is 0 Å². The Hall–Kier alpha value is -1.35. The molecule has 1 aromatic rings. The summed E-state index contributed by atoms with van der Waals surface area (Å²) in [5.74, 6) is 0.00813. The maximum absolute atomic E-state index is 12.1. The first kappa shape index (κ1) is 14.7. The molecule has 18 heavy (non-hydrogen) atoms. The van der Waals surface area contributed by atoms with Gasteiger partial charge in [-0.3, -0.25) is 4.79 Å². The number of rotatable bonds is 4. The largest absolute Gasteiger partial charge is 0.344 e. The second kappa shape index (κ2) is 6.01. The van der Waals surface area contributed by atoms with Crippen LogP contribution in [0.25, 0.3) is 0 Å². The number of nitrogens with two attached hydrogens (primary N) is 1. The molecule has 0 aliphatic heterocycles. The van der Waals surface area contributed by atoms with Crippen molar-refractivity contribution in [3.63, 3.8) is 0 Å². The Kier molecular flexibility index (Phi) is 4.91. The summed E-state index contributed by atoms with van der Waals surface area (Å²) in [5.41, 5.74) is 7.17. The summed E-state index contributed by atoms with van der Waals surface area (Å²) in [6.45, 7) is 7.05. The van der Waals surface area contributed by atoms with E-state index in [1.54, 1.807) is 4.90 Å². The van der Waals surface area contributed by atoms with Crippen molar-refractivity contribution in [2.75, 3.05) is 13.6 Å². The van der Waals surface area contributed by atoms with E-state index in [4.69, 9.17) is 5.73 Å². The zero-order chi connectivity index (χ0) is 13.8. The van der Waals surface area contributed by atoms with Crippen LogP contribution in [-0.4, -0.2) is 30.4 Å². The van der Waals surface area contributed by atoms with Gasteiger partial charge in [0.15, 0.2) is 0 Å². The zero-order valence-corrected chi connectivity index (χ0v) is 11.8. The number of nitrogens with zero attached hydrogens (tertiary/aromatic N) is 1. The van der Waals surface area contributed by atoms with Crippen LogP contribution in [0.15, 0.2) is 30.3 Å². The number of amides is 1. The van der Waals surface area contributed by atoms with Gasteiger partial charge in [-0.15, -0.1) is 0 Å². The van der Waals surface area contributed by atoms with Crippen LogP contribution in [0.5, 0.6) is 0 Å². The molecular weight excluding hydrogens is 224 g/mol. The van der Waals surface area contributed by atoms with Crippen LogP contribution in [0.1, 0.15) is 26.3 Å². The van der Waals surface area contributed by atoms with Gasteiger partial charge in [0.05, 0.1) is 6.04 Å². The van der Waals surface area contributed by atoms with E-state index in [1.165, 1.54) is 0 Å². The maximum atomic E-state index is 12.1. The normalized spacial score (nSPS) is 13.2. The third kappa shape index (κ3) is 4.88. The third-order valence-electron chi connectivity index (χ3n) is 2.70. The van der Waals surface area contributed by atoms with Crippen molar-refractivity contribution in [1.82, 2.24) is 4.90 Å². The van der Waals surface area contributed by atoms with Crippen molar-refractivity contribution in [2.24, 2.45) is 11.1 Å². The molecular formula is C15H24N2O. The average molecular weight is 248 g/mol. The van der Waals surface area contributed by atoms with Crippen LogP contribution in [-0.2, 0) is 11.2 Å². The van der Waals surface area contributed by atoms with Crippen LogP contribution in [0.3, 0.4) is 0 Å². The number of hydrogen-bond acceptors (Lipinski definition) is 2. The monoisotopic (exact) mass is 248 g/mol. The lowest BCUT2D eigenvalue weighted by atomic mass is 9.95. The second-order valence-electron chi connectivity index (χ2n) is 6.05. The molecule has 0 fully saturated rings. The topological polar surface area (TPSA) is 46.3 Å². The van der Waals surface area contributed by atoms with E-state index in [2.05, 4.69) is 20.8 Å². The molecule has 1 unspecified atom stereocenters. The van der Waals surface area contributed by atoms with E-state index in [-0.39, 0.29) is 11.3 Å². The van der Waals surface area contributed by atoms with Crippen molar-refractivity contribution in [2.45, 2.75) is 33.2 Å². The minimum Gasteiger partial charge on any atom is -0.344 e. The van der Waals surface area contributed by atoms with Crippen molar-refractivity contribution >= 4 is 5.91 Å². The van der Waals surface area contributed by atoms with Gasteiger partial charge in [-0.05, 0) is 17.4 Å². The fourth-order valence-corrected chi connectivity index (χ4v) is 2.03. The van der Waals surface area contributed by atoms with Crippen LogP contribution >= 0.6 is 0 Å². The standard InChI is InChI=1S/C15H24N2O/c1-15(2,3)11-17(4)14(18)13(16)10-12-8-6-5-7-9-12/h5-9,13H,10-11,16H2,1-4H3. The number of likely N-dealkylation sites (N-methyl/N-ethyl adjacent to an activating group) is 1. The molecule has 1 rings (SSSR count). The summed E-state index contributed by atoms with van der Waals surface area (Å²) in [6, 6.07) is 9.42. The van der Waals surface area contributed by atoms with Crippen LogP contribution in [0.2, 0.25) is 0 Å². The van der Waals surface area contributed by atoms with Crippen LogP contribution in [0, 0.1) is 5.41 Å². The van der Waals surface area contributed by atoms with Crippen molar-refractivity contribution in [1.29, 1.82) is 0 Å². The van der Waals surface area contributed by atoms with Gasteiger partial charge >= 0.3 is 0 Å². The van der Waals surface area contributed by atoms with E-state index >= 15 is 0 Å². The highest BCUT2D eigenvalue weighted by Gasteiger charge is 2.22. The van der Waals surface area contributed by atoms with Gasteiger partial charge in [0.1, 0.15) is 0 Å². The fraction of sp³-hybridized carbons (Fsp3) is 0.533. The highest BCUT2D eigenvalue weighted by molar-refractivity contribution is 5.81. The lowest BCUT2D eigenvalue weighted by molar-refractivity contribution is -0.132. The second-order valence-corrected chi connectivity index (χ2v) is 6.05. The lowest BCUT2D eigenvalue weighted by Gasteiger charge is -2.28. The summed E-state index contributed by atoms with van der Waals surface area (Å²) in [6.07, 6.45) is 0.591. The Morgan fingerprint density at radius 2 is 1.83 bits per heavy atom. The Morgan fingerprint density at radius 3 is 2.33 bits per heavy atom. The quantitative estimate of drug-likeness (QED) is 0.886. The molecule has 3 nitrogen and oxygen atoms in total. The SMILES string of the molecule is CN(CC(C)(C)C)C(=O)C(N)Cc1ccccc1. The smallest absolute Gasteiger partial charge is 0.239 e. The first-order valence-electron chi connectivity index (χ1n) is 6.34. The fourth-order valence-electron chi connectivity index (χ4n) is 2.03. The average Bonchev–Trinajstić information content (AvgIpc) is 2.27. The molecule has 1 amide bonds. The summed E-state index contributed by atoms with van der Waals surface area (Å²) >= 11 is 0. The van der Waals surface area contributed by atoms with E-state index in [0.717, 1.165) is 5.56 Å². The van der Waals surface area contributed by atoms with Crippen LogP contribution < -0.4 is 5.73 Å². The Bertz CT molecular complexity index is 381. The molecule has 100 valence electrons. The molecule has 1 aromatic carbocycles. The summed E-state index contributed by atoms with van der Waals surface area (Å²) in [4.78, 5) is 13.9. The Morgan fingerprint density at radius 1 is 1.28 bits per heavy atom. The van der Waals surface area contributed by atoms with E-state index in [1.807, 2.05) is 37.4 Å². The molecule has 0 heterocycles. The number of hydrogen-bond donors (Lipinski definition) is 1. The lowest BCUT2D eigenvalue weighted by Crippen LogP contribution is -2.45. The highest BCUT2D eigenvalue weighted by atomic mass is 16.2. The van der Waals surface area contributed by atoms with Gasteiger partial charge in [-0.2, -0.15) is 0 Å². The van der Waals surface area contributed by atoms with Gasteiger partial charge in [-0.1, -0.05) is 51.1 Å². The highest BCUT2D eigenvalue weighted by Crippen LogP contribution is 2.15. The molecule has 0 aliphatic carbocycles. The molecule has 1 atom stereocenters. The first-order chi connectivity index (χ1) is 8.29. The van der Waals surface area contributed by atoms with Gasteiger partial charge < -0.3 is 10.6 Å². The Balaban J connectivity index is 2.56. The van der Waals surface area contributed by atoms with Gasteiger partial charge in [0.25, 0.3) is 0 Å². The molecule has 0 aromatic heterocycles. The summed E-state index contributed by atoms with van der Waals surface area (Å²) < 4.78 is 0. The molecule has 2 N–H and O–H groups in total. The molecule has 0 spiro atoms. The van der Waals surface area contributed by atoms with Crippen molar-refractivity contribution < 1.29 is 4.79 Å². The van der Waals surface area contributed by atoms with Crippen molar-refractivity contribution in [3.8, 4) is 0 Å². The van der Waals surface area contributed by atoms with Gasteiger partial charge in [0.2, 0.25) is 5.91 Å². The molecule has 3 heteroatoms. The predicted octanol–water partition coefficient (Wildman–Crippen LogP) is 2.06. The number of carbonyl (C=O) groups excluding carboxylic acids is 1. The zero-order valence-electron chi connectivity index (χ0n) is 11.8. The van der Waals surface area contributed by atoms with E-state index < -0.39 is 6.04 Å². The molecule has 0 bridgehead atoms. The Labute approximate surface area is 110 Å². The number of carbonyl (C=O) groups is 1.